The molecule has 2 rings (SSSR count). The van der Waals surface area contributed by atoms with Crippen LogP contribution in [-0.4, -0.2) is 9.97 Å². The molecule has 2 aromatic rings. The number of nitrogens with zero attached hydrogens (tertiary/aromatic N) is 2. The summed E-state index contributed by atoms with van der Waals surface area (Å²) in [6, 6.07) is 12.1. The van der Waals surface area contributed by atoms with E-state index < -0.39 is 0 Å². The number of thioether (sulfide) groups is 1. The molecule has 1 aromatic heterocycles. The summed E-state index contributed by atoms with van der Waals surface area (Å²) in [6.45, 7) is 6.38. The van der Waals surface area contributed by atoms with Crippen LogP contribution in [0.2, 0.25) is 0 Å². The first-order valence-electron chi connectivity index (χ1n) is 6.27. The molecule has 0 atom stereocenters. The Bertz CT molecular complexity index is 547. The lowest BCUT2D eigenvalue weighted by atomic mass is 9.92. The van der Waals surface area contributed by atoms with Crippen LogP contribution in [0.25, 0.3) is 0 Å². The van der Waals surface area contributed by atoms with Crippen LogP contribution in [0, 0.1) is 0 Å². The van der Waals surface area contributed by atoms with Crippen LogP contribution in [0.4, 0.5) is 5.82 Å². The summed E-state index contributed by atoms with van der Waals surface area (Å²) >= 11 is 1.72. The summed E-state index contributed by atoms with van der Waals surface area (Å²) in [5.74, 6) is 2.07. The van der Waals surface area contributed by atoms with E-state index in [1.807, 2.05) is 24.3 Å². The Morgan fingerprint density at radius 2 is 1.79 bits per heavy atom. The van der Waals surface area contributed by atoms with Gasteiger partial charge in [0.1, 0.15) is 11.6 Å². The fourth-order valence-corrected chi connectivity index (χ4v) is 2.41. The van der Waals surface area contributed by atoms with Crippen LogP contribution in [0.15, 0.2) is 41.3 Å². The maximum absolute atomic E-state index is 5.86. The summed E-state index contributed by atoms with van der Waals surface area (Å²) in [7, 11) is 0. The van der Waals surface area contributed by atoms with Gasteiger partial charge in [-0.25, -0.2) is 9.97 Å². The zero-order valence-corrected chi connectivity index (χ0v) is 12.4. The number of aromatic nitrogens is 2. The van der Waals surface area contributed by atoms with Gasteiger partial charge in [-0.05, 0) is 12.1 Å². The van der Waals surface area contributed by atoms with E-state index in [4.69, 9.17) is 5.73 Å². The highest BCUT2D eigenvalue weighted by molar-refractivity contribution is 7.98. The van der Waals surface area contributed by atoms with Gasteiger partial charge in [-0.15, -0.1) is 11.8 Å². The van der Waals surface area contributed by atoms with E-state index in [1.54, 1.807) is 11.8 Å². The molecular weight excluding hydrogens is 254 g/mol. The van der Waals surface area contributed by atoms with Gasteiger partial charge in [0.25, 0.3) is 0 Å². The van der Waals surface area contributed by atoms with E-state index in [0.717, 1.165) is 17.3 Å². The first-order valence-corrected chi connectivity index (χ1v) is 7.25. The summed E-state index contributed by atoms with van der Waals surface area (Å²) in [6.07, 6.45) is 0. The number of rotatable bonds is 3. The number of hydrogen-bond acceptors (Lipinski definition) is 4. The number of nitrogen functional groups attached to an aromatic ring is 1. The van der Waals surface area contributed by atoms with Gasteiger partial charge in [0.05, 0.1) is 11.4 Å². The molecule has 0 amide bonds. The minimum Gasteiger partial charge on any atom is -0.384 e. The zero-order valence-electron chi connectivity index (χ0n) is 11.6. The van der Waals surface area contributed by atoms with E-state index >= 15 is 0 Å². The van der Waals surface area contributed by atoms with Gasteiger partial charge in [-0.2, -0.15) is 0 Å². The summed E-state index contributed by atoms with van der Waals surface area (Å²) in [5.41, 5.74) is 6.84. The van der Waals surface area contributed by atoms with E-state index in [9.17, 15) is 0 Å². The van der Waals surface area contributed by atoms with Gasteiger partial charge < -0.3 is 5.73 Å². The molecule has 0 spiro atoms. The quantitative estimate of drug-likeness (QED) is 0.867. The van der Waals surface area contributed by atoms with Crippen molar-refractivity contribution in [3.05, 3.63) is 47.9 Å². The van der Waals surface area contributed by atoms with Gasteiger partial charge >= 0.3 is 0 Å². The van der Waals surface area contributed by atoms with Crippen LogP contribution in [-0.2, 0) is 11.2 Å². The van der Waals surface area contributed by atoms with Gasteiger partial charge in [0.2, 0.25) is 0 Å². The Balaban J connectivity index is 2.15. The molecule has 0 radical (unpaired) electrons. The second kappa shape index (κ2) is 5.61. The Morgan fingerprint density at radius 1 is 1.11 bits per heavy atom. The van der Waals surface area contributed by atoms with Crippen molar-refractivity contribution in [2.45, 2.75) is 36.8 Å². The van der Waals surface area contributed by atoms with E-state index in [-0.39, 0.29) is 5.41 Å². The molecule has 3 nitrogen and oxygen atoms in total. The second-order valence-electron chi connectivity index (χ2n) is 5.45. The average molecular weight is 273 g/mol. The Hall–Kier alpha value is -1.55. The van der Waals surface area contributed by atoms with Crippen molar-refractivity contribution in [2.75, 3.05) is 5.73 Å². The Labute approximate surface area is 118 Å². The highest BCUT2D eigenvalue weighted by atomic mass is 32.2. The monoisotopic (exact) mass is 273 g/mol. The molecule has 19 heavy (non-hydrogen) atoms. The first-order chi connectivity index (χ1) is 8.95. The van der Waals surface area contributed by atoms with Crippen molar-refractivity contribution < 1.29 is 0 Å². The highest BCUT2D eigenvalue weighted by Crippen LogP contribution is 2.24. The van der Waals surface area contributed by atoms with E-state index in [0.29, 0.717) is 5.82 Å². The molecule has 2 N–H and O–H groups in total. The van der Waals surface area contributed by atoms with Gasteiger partial charge in [0, 0.05) is 16.4 Å². The van der Waals surface area contributed by atoms with Crippen molar-refractivity contribution in [1.29, 1.82) is 0 Å². The molecule has 0 aliphatic rings. The SMILES string of the molecule is CC(C)(C)c1cc(N)nc(CSc2ccccc2)n1. The number of hydrogen-bond donors (Lipinski definition) is 1. The number of anilines is 1. The number of benzene rings is 1. The largest absolute Gasteiger partial charge is 0.384 e. The molecule has 1 aromatic carbocycles. The van der Waals surface area contributed by atoms with Crippen LogP contribution in [0.3, 0.4) is 0 Å². The minimum atomic E-state index is -0.0107. The topological polar surface area (TPSA) is 51.8 Å². The molecule has 1 heterocycles. The molecule has 0 fully saturated rings. The molecular formula is C15H19N3S. The van der Waals surface area contributed by atoms with Crippen molar-refractivity contribution in [3.8, 4) is 0 Å². The molecule has 4 heteroatoms. The maximum atomic E-state index is 5.86. The normalized spacial score (nSPS) is 11.5. The van der Waals surface area contributed by atoms with Gasteiger partial charge in [0.15, 0.2) is 0 Å². The molecule has 100 valence electrons. The fraction of sp³-hybridized carbons (Fsp3) is 0.333. The van der Waals surface area contributed by atoms with E-state index in [2.05, 4.69) is 42.9 Å². The van der Waals surface area contributed by atoms with Crippen LogP contribution in [0.1, 0.15) is 32.3 Å². The molecule has 0 saturated heterocycles. The Kier molecular flexibility index (Phi) is 4.10. The average Bonchev–Trinajstić information content (AvgIpc) is 2.36. The maximum Gasteiger partial charge on any atom is 0.141 e. The van der Waals surface area contributed by atoms with Crippen molar-refractivity contribution >= 4 is 17.6 Å². The van der Waals surface area contributed by atoms with Crippen molar-refractivity contribution in [3.63, 3.8) is 0 Å². The van der Waals surface area contributed by atoms with Crippen LogP contribution < -0.4 is 5.73 Å². The smallest absolute Gasteiger partial charge is 0.141 e. The predicted molar refractivity (Wildman–Crippen MR) is 81.1 cm³/mol. The molecule has 0 aliphatic carbocycles. The van der Waals surface area contributed by atoms with Crippen LogP contribution in [0.5, 0.6) is 0 Å². The third-order valence-corrected chi connectivity index (χ3v) is 3.68. The Morgan fingerprint density at radius 3 is 2.42 bits per heavy atom. The van der Waals surface area contributed by atoms with Crippen molar-refractivity contribution in [2.24, 2.45) is 0 Å². The second-order valence-corrected chi connectivity index (χ2v) is 6.49. The third kappa shape index (κ3) is 3.96. The summed E-state index contributed by atoms with van der Waals surface area (Å²) in [5, 5.41) is 0. The molecule has 0 saturated carbocycles. The fourth-order valence-electron chi connectivity index (χ4n) is 1.63. The third-order valence-electron chi connectivity index (χ3n) is 2.67. The van der Waals surface area contributed by atoms with Gasteiger partial charge in [-0.1, -0.05) is 39.0 Å². The zero-order chi connectivity index (χ0) is 13.9. The standard InChI is InChI=1S/C15H19N3S/c1-15(2,3)12-9-13(16)18-14(17-12)10-19-11-7-5-4-6-8-11/h4-9H,10H2,1-3H3,(H2,16,17,18). The lowest BCUT2D eigenvalue weighted by Crippen LogP contribution is -2.16. The summed E-state index contributed by atoms with van der Waals surface area (Å²) in [4.78, 5) is 10.1. The predicted octanol–water partition coefficient (Wildman–Crippen LogP) is 3.65. The number of nitrogens with two attached hydrogens (primary N) is 1. The minimum absolute atomic E-state index is 0.0107. The lowest BCUT2D eigenvalue weighted by Gasteiger charge is -2.18. The highest BCUT2D eigenvalue weighted by Gasteiger charge is 2.17. The summed E-state index contributed by atoms with van der Waals surface area (Å²) < 4.78 is 0. The van der Waals surface area contributed by atoms with E-state index in [1.165, 1.54) is 4.90 Å². The lowest BCUT2D eigenvalue weighted by molar-refractivity contribution is 0.564. The van der Waals surface area contributed by atoms with Crippen LogP contribution >= 0.6 is 11.8 Å². The molecule has 0 bridgehead atoms. The van der Waals surface area contributed by atoms with Gasteiger partial charge in [-0.3, -0.25) is 0 Å². The first kappa shape index (κ1) is 13.9. The molecule has 0 aliphatic heterocycles. The van der Waals surface area contributed by atoms with Crippen molar-refractivity contribution in [1.82, 2.24) is 9.97 Å². The molecule has 0 unspecified atom stereocenters.